The van der Waals surface area contributed by atoms with Crippen LogP contribution in [-0.2, 0) is 21.7 Å². The highest BCUT2D eigenvalue weighted by atomic mass is 28.4. The summed E-state index contributed by atoms with van der Waals surface area (Å²) in [7, 11) is -1.64. The Balaban J connectivity index is 2.50. The van der Waals surface area contributed by atoms with Gasteiger partial charge in [0.25, 0.3) is 0 Å². The van der Waals surface area contributed by atoms with Gasteiger partial charge in [-0.1, -0.05) is 73.8 Å². The second-order valence-electron chi connectivity index (χ2n) is 9.92. The molecule has 2 aromatic rings. The zero-order valence-electron chi connectivity index (χ0n) is 19.7. The predicted molar refractivity (Wildman–Crippen MR) is 134 cm³/mol. The van der Waals surface area contributed by atoms with Crippen LogP contribution >= 0.6 is 0 Å². The molecule has 0 amide bonds. The van der Waals surface area contributed by atoms with Gasteiger partial charge in [0.15, 0.2) is 16.6 Å². The van der Waals surface area contributed by atoms with Crippen LogP contribution in [0.3, 0.4) is 0 Å². The smallest absolute Gasteiger partial charge is 0.187 e. The van der Waals surface area contributed by atoms with Gasteiger partial charge in [-0.25, -0.2) is 0 Å². The van der Waals surface area contributed by atoms with Crippen LogP contribution in [0.4, 0.5) is 0 Å². The summed E-state index contributed by atoms with van der Waals surface area (Å²) in [6.07, 6.45) is 2.24. The molecule has 2 aromatic carbocycles. The minimum absolute atomic E-state index is 0.623. The normalized spacial score (nSPS) is 15.2. The Labute approximate surface area is 181 Å². The van der Waals surface area contributed by atoms with Crippen molar-refractivity contribution in [3.63, 3.8) is 0 Å². The lowest BCUT2D eigenvalue weighted by Crippen LogP contribution is -2.59. The van der Waals surface area contributed by atoms with Crippen LogP contribution in [0.5, 0.6) is 0 Å². The molecule has 2 rings (SSSR count). The number of benzene rings is 2. The van der Waals surface area contributed by atoms with Gasteiger partial charge in [0.05, 0.1) is 8.07 Å². The molecule has 0 fully saturated rings. The predicted octanol–water partition coefficient (Wildman–Crippen LogP) is 6.70. The molecule has 0 heterocycles. The van der Waals surface area contributed by atoms with Gasteiger partial charge < -0.3 is 8.85 Å². The monoisotopic (exact) mass is 444 g/mol. The summed E-state index contributed by atoms with van der Waals surface area (Å²) >= 11 is 0. The number of hydrogen-bond acceptors (Lipinski definition) is 2. The Morgan fingerprint density at radius 3 is 1.17 bits per heavy atom. The standard InChI is InChI=1S/C24H40O2Si3/c1-25-28(5,6)23(19-21-15-11-9-12-16-21)27(3,4)24(29(7,8)26-2)20-22-17-13-10-14-18-22/h9-18,23-24H,19-20H2,1-8H3. The maximum absolute atomic E-state index is 6.25. The van der Waals surface area contributed by atoms with Crippen molar-refractivity contribution in [3.8, 4) is 0 Å². The van der Waals surface area contributed by atoms with E-state index in [2.05, 4.69) is 99.9 Å². The zero-order valence-corrected chi connectivity index (χ0v) is 22.7. The first-order chi connectivity index (χ1) is 13.5. The topological polar surface area (TPSA) is 18.5 Å². The van der Waals surface area contributed by atoms with E-state index in [9.17, 15) is 0 Å². The average molecular weight is 445 g/mol. The maximum atomic E-state index is 6.25. The SMILES string of the molecule is CO[Si](C)(C)C(Cc1ccccc1)[Si](C)(C)C(Cc1ccccc1)[Si](C)(C)OC. The molecule has 2 atom stereocenters. The molecule has 29 heavy (non-hydrogen) atoms. The van der Waals surface area contributed by atoms with Gasteiger partial charge in [-0.05, 0) is 60.5 Å². The van der Waals surface area contributed by atoms with E-state index in [0.717, 1.165) is 12.8 Å². The summed E-state index contributed by atoms with van der Waals surface area (Å²) in [6, 6.07) is 22.0. The lowest BCUT2D eigenvalue weighted by Gasteiger charge is -2.49. The Morgan fingerprint density at radius 1 is 0.586 bits per heavy atom. The summed E-state index contributed by atoms with van der Waals surface area (Å²) in [6.45, 7) is 14.9. The molecule has 0 aliphatic rings. The molecule has 0 aliphatic carbocycles. The van der Waals surface area contributed by atoms with Gasteiger partial charge in [-0.15, -0.1) is 0 Å². The van der Waals surface area contributed by atoms with Crippen molar-refractivity contribution in [2.75, 3.05) is 14.2 Å². The van der Waals surface area contributed by atoms with Gasteiger partial charge >= 0.3 is 0 Å². The lowest BCUT2D eigenvalue weighted by molar-refractivity contribution is 0.393. The first kappa shape index (κ1) is 24.3. The van der Waals surface area contributed by atoms with E-state index in [4.69, 9.17) is 8.85 Å². The highest BCUT2D eigenvalue weighted by molar-refractivity contribution is 7.03. The summed E-state index contributed by atoms with van der Waals surface area (Å²) < 4.78 is 12.5. The fraction of sp³-hybridized carbons (Fsp3) is 0.500. The Hall–Kier alpha value is -0.989. The van der Waals surface area contributed by atoms with Crippen LogP contribution in [-0.4, -0.2) is 38.9 Å². The van der Waals surface area contributed by atoms with Crippen LogP contribution < -0.4 is 0 Å². The van der Waals surface area contributed by atoms with E-state index >= 15 is 0 Å². The van der Waals surface area contributed by atoms with Gasteiger partial charge in [-0.3, -0.25) is 0 Å². The van der Waals surface area contributed by atoms with Crippen molar-refractivity contribution in [1.29, 1.82) is 0 Å². The van der Waals surface area contributed by atoms with E-state index in [-0.39, 0.29) is 0 Å². The summed E-state index contributed by atoms with van der Waals surface area (Å²) in [5.41, 5.74) is 2.87. The van der Waals surface area contributed by atoms with Crippen LogP contribution in [0.2, 0.25) is 49.6 Å². The van der Waals surface area contributed by atoms with Crippen molar-refractivity contribution in [2.45, 2.75) is 62.5 Å². The van der Waals surface area contributed by atoms with E-state index in [1.807, 2.05) is 14.2 Å². The fourth-order valence-corrected chi connectivity index (χ4v) is 25.8. The van der Waals surface area contributed by atoms with Gasteiger partial charge in [0, 0.05) is 14.2 Å². The largest absolute Gasteiger partial charge is 0.420 e. The molecule has 0 aliphatic heterocycles. The molecule has 2 unspecified atom stereocenters. The molecule has 0 N–H and O–H groups in total. The third kappa shape index (κ3) is 6.01. The van der Waals surface area contributed by atoms with Gasteiger partial charge in [0.1, 0.15) is 0 Å². The van der Waals surface area contributed by atoms with Gasteiger partial charge in [-0.2, -0.15) is 0 Å². The zero-order chi connectivity index (χ0) is 21.7. The van der Waals surface area contributed by atoms with Crippen LogP contribution in [0, 0.1) is 0 Å². The van der Waals surface area contributed by atoms with Crippen LogP contribution in [0.15, 0.2) is 60.7 Å². The average Bonchev–Trinajstić information content (AvgIpc) is 2.71. The summed E-state index contributed by atoms with van der Waals surface area (Å²) in [5, 5.41) is 1.25. The lowest BCUT2D eigenvalue weighted by atomic mass is 10.2. The molecule has 2 nitrogen and oxygen atoms in total. The Bertz CT molecular complexity index is 682. The van der Waals surface area contributed by atoms with Crippen molar-refractivity contribution < 1.29 is 8.85 Å². The molecule has 0 saturated carbocycles. The highest BCUT2D eigenvalue weighted by Gasteiger charge is 2.53. The number of hydrogen-bond donors (Lipinski definition) is 0. The number of rotatable bonds is 10. The first-order valence-corrected chi connectivity index (χ1v) is 19.9. The molecular weight excluding hydrogens is 405 g/mol. The van der Waals surface area contributed by atoms with E-state index in [0.29, 0.717) is 10.3 Å². The quantitative estimate of drug-likeness (QED) is 0.379. The second-order valence-corrected chi connectivity index (χ2v) is 24.7. The van der Waals surface area contributed by atoms with E-state index in [1.54, 1.807) is 0 Å². The highest BCUT2D eigenvalue weighted by Crippen LogP contribution is 2.47. The maximum Gasteiger partial charge on any atom is 0.187 e. The molecule has 0 aromatic heterocycles. The van der Waals surface area contributed by atoms with Crippen molar-refractivity contribution >= 4 is 24.7 Å². The molecule has 5 heteroatoms. The van der Waals surface area contributed by atoms with E-state index in [1.165, 1.54) is 11.1 Å². The second kappa shape index (κ2) is 9.88. The molecule has 0 saturated heterocycles. The summed E-state index contributed by atoms with van der Waals surface area (Å²) in [5.74, 6) is 0. The molecular formula is C24H40O2Si3. The van der Waals surface area contributed by atoms with Crippen molar-refractivity contribution in [2.24, 2.45) is 0 Å². The van der Waals surface area contributed by atoms with Crippen LogP contribution in [0.1, 0.15) is 11.1 Å². The van der Waals surface area contributed by atoms with Crippen molar-refractivity contribution in [3.05, 3.63) is 71.8 Å². The molecule has 0 bridgehead atoms. The van der Waals surface area contributed by atoms with Crippen LogP contribution in [0.25, 0.3) is 0 Å². The van der Waals surface area contributed by atoms with Crippen molar-refractivity contribution in [1.82, 2.24) is 0 Å². The van der Waals surface area contributed by atoms with E-state index < -0.39 is 24.7 Å². The Morgan fingerprint density at radius 2 is 0.897 bits per heavy atom. The fourth-order valence-electron chi connectivity index (χ4n) is 5.04. The Kier molecular flexibility index (Phi) is 8.27. The first-order valence-electron chi connectivity index (χ1n) is 10.7. The molecule has 0 spiro atoms. The minimum atomic E-state index is -1.87. The summed E-state index contributed by atoms with van der Waals surface area (Å²) in [4.78, 5) is 0. The third-order valence-electron chi connectivity index (χ3n) is 7.09. The molecule has 0 radical (unpaired) electrons. The molecule has 160 valence electrons. The third-order valence-corrected chi connectivity index (χ3v) is 25.6. The van der Waals surface area contributed by atoms with Gasteiger partial charge in [0.2, 0.25) is 0 Å². The minimum Gasteiger partial charge on any atom is -0.420 e.